The Hall–Kier alpha value is -1.10. The molecular formula is C14H22N2O2. The summed E-state index contributed by atoms with van der Waals surface area (Å²) in [5.74, 6) is 0.893. The Morgan fingerprint density at radius 1 is 1.44 bits per heavy atom. The van der Waals surface area contributed by atoms with Gasteiger partial charge in [0.25, 0.3) is 0 Å². The lowest BCUT2D eigenvalue weighted by Gasteiger charge is -2.26. The van der Waals surface area contributed by atoms with Crippen LogP contribution in [-0.4, -0.2) is 32.4 Å². The summed E-state index contributed by atoms with van der Waals surface area (Å²) in [4.78, 5) is 0. The first-order valence-corrected chi connectivity index (χ1v) is 6.60. The molecule has 0 radical (unpaired) electrons. The van der Waals surface area contributed by atoms with Crippen LogP contribution in [0.2, 0.25) is 0 Å². The summed E-state index contributed by atoms with van der Waals surface area (Å²) in [5, 5.41) is 3.32. The quantitative estimate of drug-likeness (QED) is 0.831. The molecule has 1 saturated heterocycles. The molecule has 1 aromatic carbocycles. The van der Waals surface area contributed by atoms with Crippen molar-refractivity contribution >= 4 is 0 Å². The lowest BCUT2D eigenvalue weighted by molar-refractivity contribution is 0.0195. The molecule has 0 aliphatic carbocycles. The van der Waals surface area contributed by atoms with Crippen molar-refractivity contribution in [3.8, 4) is 5.75 Å². The van der Waals surface area contributed by atoms with E-state index in [2.05, 4.69) is 5.32 Å². The third-order valence-electron chi connectivity index (χ3n) is 3.14. The smallest absolute Gasteiger partial charge is 0.119 e. The molecular weight excluding hydrogens is 228 g/mol. The first-order valence-electron chi connectivity index (χ1n) is 6.60. The van der Waals surface area contributed by atoms with Crippen LogP contribution in [0.3, 0.4) is 0 Å². The Morgan fingerprint density at radius 2 is 2.22 bits per heavy atom. The first-order chi connectivity index (χ1) is 8.79. The fourth-order valence-electron chi connectivity index (χ4n) is 2.17. The summed E-state index contributed by atoms with van der Waals surface area (Å²) in [5.41, 5.74) is 7.33. The van der Waals surface area contributed by atoms with Gasteiger partial charge in [-0.2, -0.15) is 0 Å². The SMILES string of the molecule is CCOc1ccc(C(N)CC2CNCCO2)cc1. The Balaban J connectivity index is 1.89. The molecule has 2 unspecified atom stereocenters. The van der Waals surface area contributed by atoms with E-state index >= 15 is 0 Å². The van der Waals surface area contributed by atoms with Crippen molar-refractivity contribution in [2.75, 3.05) is 26.3 Å². The maximum Gasteiger partial charge on any atom is 0.119 e. The van der Waals surface area contributed by atoms with E-state index in [0.29, 0.717) is 6.61 Å². The molecule has 0 aromatic heterocycles. The van der Waals surface area contributed by atoms with E-state index in [1.807, 2.05) is 31.2 Å². The molecule has 1 heterocycles. The van der Waals surface area contributed by atoms with E-state index in [1.165, 1.54) is 0 Å². The van der Waals surface area contributed by atoms with Crippen LogP contribution in [0.1, 0.15) is 24.9 Å². The van der Waals surface area contributed by atoms with Gasteiger partial charge in [-0.05, 0) is 31.0 Å². The Morgan fingerprint density at radius 3 is 2.83 bits per heavy atom. The monoisotopic (exact) mass is 250 g/mol. The van der Waals surface area contributed by atoms with Crippen LogP contribution in [0.25, 0.3) is 0 Å². The second-order valence-corrected chi connectivity index (χ2v) is 4.54. The highest BCUT2D eigenvalue weighted by Crippen LogP contribution is 2.21. The predicted octanol–water partition coefficient (Wildman–Crippen LogP) is 1.46. The van der Waals surface area contributed by atoms with Gasteiger partial charge in [-0.1, -0.05) is 12.1 Å². The number of morpholine rings is 1. The second kappa shape index (κ2) is 6.73. The number of benzene rings is 1. The van der Waals surface area contributed by atoms with Crippen molar-refractivity contribution in [3.05, 3.63) is 29.8 Å². The summed E-state index contributed by atoms with van der Waals surface area (Å²) < 4.78 is 11.1. The largest absolute Gasteiger partial charge is 0.494 e. The Labute approximate surface area is 108 Å². The van der Waals surface area contributed by atoms with Crippen LogP contribution in [0.15, 0.2) is 24.3 Å². The first kappa shape index (κ1) is 13.3. The van der Waals surface area contributed by atoms with Gasteiger partial charge in [0.2, 0.25) is 0 Å². The zero-order chi connectivity index (χ0) is 12.8. The maximum absolute atomic E-state index is 6.20. The van der Waals surface area contributed by atoms with E-state index in [-0.39, 0.29) is 12.1 Å². The van der Waals surface area contributed by atoms with Crippen LogP contribution in [0.4, 0.5) is 0 Å². The summed E-state index contributed by atoms with van der Waals surface area (Å²) >= 11 is 0. The van der Waals surface area contributed by atoms with Gasteiger partial charge in [0.1, 0.15) is 5.75 Å². The molecule has 1 aliphatic heterocycles. The van der Waals surface area contributed by atoms with Crippen molar-refractivity contribution in [2.45, 2.75) is 25.5 Å². The molecule has 4 heteroatoms. The molecule has 18 heavy (non-hydrogen) atoms. The van der Waals surface area contributed by atoms with Gasteiger partial charge in [-0.25, -0.2) is 0 Å². The second-order valence-electron chi connectivity index (χ2n) is 4.54. The highest BCUT2D eigenvalue weighted by atomic mass is 16.5. The van der Waals surface area contributed by atoms with Crippen LogP contribution >= 0.6 is 0 Å². The van der Waals surface area contributed by atoms with Crippen LogP contribution in [-0.2, 0) is 4.74 Å². The summed E-state index contributed by atoms with van der Waals surface area (Å²) in [6.07, 6.45) is 1.07. The van der Waals surface area contributed by atoms with E-state index < -0.39 is 0 Å². The van der Waals surface area contributed by atoms with E-state index in [4.69, 9.17) is 15.2 Å². The number of ether oxygens (including phenoxy) is 2. The lowest BCUT2D eigenvalue weighted by Crippen LogP contribution is -2.40. The number of rotatable bonds is 5. The average Bonchev–Trinajstić information content (AvgIpc) is 2.41. The van der Waals surface area contributed by atoms with Gasteiger partial charge >= 0.3 is 0 Å². The van der Waals surface area contributed by atoms with Gasteiger partial charge in [-0.3, -0.25) is 0 Å². The van der Waals surface area contributed by atoms with Crippen LogP contribution in [0, 0.1) is 0 Å². The number of nitrogens with one attached hydrogen (secondary N) is 1. The highest BCUT2D eigenvalue weighted by Gasteiger charge is 2.17. The molecule has 0 bridgehead atoms. The molecule has 100 valence electrons. The minimum absolute atomic E-state index is 0.0191. The van der Waals surface area contributed by atoms with Gasteiger partial charge in [0, 0.05) is 19.1 Å². The third-order valence-corrected chi connectivity index (χ3v) is 3.14. The van der Waals surface area contributed by atoms with Crippen molar-refractivity contribution in [1.82, 2.24) is 5.32 Å². The minimum Gasteiger partial charge on any atom is -0.494 e. The van der Waals surface area contributed by atoms with Crippen LogP contribution < -0.4 is 15.8 Å². The summed E-state index contributed by atoms with van der Waals surface area (Å²) in [7, 11) is 0. The molecule has 2 atom stereocenters. The van der Waals surface area contributed by atoms with Crippen molar-refractivity contribution in [1.29, 1.82) is 0 Å². The molecule has 0 amide bonds. The fraction of sp³-hybridized carbons (Fsp3) is 0.571. The van der Waals surface area contributed by atoms with Gasteiger partial charge < -0.3 is 20.5 Å². The zero-order valence-electron chi connectivity index (χ0n) is 10.9. The third kappa shape index (κ3) is 3.70. The van der Waals surface area contributed by atoms with Gasteiger partial charge in [0.05, 0.1) is 19.3 Å². The fourth-order valence-corrected chi connectivity index (χ4v) is 2.17. The molecule has 4 nitrogen and oxygen atoms in total. The van der Waals surface area contributed by atoms with Gasteiger partial charge in [-0.15, -0.1) is 0 Å². The van der Waals surface area contributed by atoms with E-state index in [1.54, 1.807) is 0 Å². The van der Waals surface area contributed by atoms with E-state index in [0.717, 1.165) is 37.4 Å². The van der Waals surface area contributed by atoms with Crippen LogP contribution in [0.5, 0.6) is 5.75 Å². The predicted molar refractivity (Wildman–Crippen MR) is 71.8 cm³/mol. The Kier molecular flexibility index (Phi) is 4.99. The van der Waals surface area contributed by atoms with Crippen molar-refractivity contribution < 1.29 is 9.47 Å². The Bertz CT molecular complexity index is 347. The molecule has 1 aliphatic rings. The molecule has 3 N–H and O–H groups in total. The van der Waals surface area contributed by atoms with Crippen molar-refractivity contribution in [3.63, 3.8) is 0 Å². The molecule has 0 saturated carbocycles. The number of hydrogen-bond acceptors (Lipinski definition) is 4. The molecule has 1 aromatic rings. The minimum atomic E-state index is 0.0191. The zero-order valence-corrected chi connectivity index (χ0v) is 10.9. The highest BCUT2D eigenvalue weighted by molar-refractivity contribution is 5.29. The normalized spacial score (nSPS) is 21.6. The van der Waals surface area contributed by atoms with E-state index in [9.17, 15) is 0 Å². The summed E-state index contributed by atoms with van der Waals surface area (Å²) in [6, 6.07) is 8.03. The molecule has 2 rings (SSSR count). The topological polar surface area (TPSA) is 56.5 Å². The molecule has 1 fully saturated rings. The van der Waals surface area contributed by atoms with Gasteiger partial charge in [0.15, 0.2) is 0 Å². The number of nitrogens with two attached hydrogens (primary N) is 1. The summed E-state index contributed by atoms with van der Waals surface area (Å²) in [6.45, 7) is 5.28. The number of hydrogen-bond donors (Lipinski definition) is 2. The average molecular weight is 250 g/mol. The standard InChI is InChI=1S/C14H22N2O2/c1-2-17-12-5-3-11(4-6-12)14(15)9-13-10-16-7-8-18-13/h3-6,13-14,16H,2,7-10,15H2,1H3. The lowest BCUT2D eigenvalue weighted by atomic mass is 10.0. The molecule has 0 spiro atoms. The maximum atomic E-state index is 6.20. The van der Waals surface area contributed by atoms with Crippen molar-refractivity contribution in [2.24, 2.45) is 5.73 Å².